The highest BCUT2D eigenvalue weighted by Gasteiger charge is 2.15. The summed E-state index contributed by atoms with van der Waals surface area (Å²) >= 11 is 0. The van der Waals surface area contributed by atoms with Crippen LogP contribution in [-0.4, -0.2) is 44.4 Å². The number of methoxy groups -OCH3 is 1. The van der Waals surface area contributed by atoms with E-state index in [4.69, 9.17) is 14.2 Å². The van der Waals surface area contributed by atoms with Gasteiger partial charge in [0.05, 0.1) is 31.4 Å². The van der Waals surface area contributed by atoms with Gasteiger partial charge in [0.1, 0.15) is 11.6 Å². The molecular formula is C21H20N2O5. The second-order valence-electron chi connectivity index (χ2n) is 6.42. The molecule has 1 aromatic heterocycles. The summed E-state index contributed by atoms with van der Waals surface area (Å²) in [5, 5.41) is 0.540. The maximum absolute atomic E-state index is 12.6. The minimum absolute atomic E-state index is 0.0796. The number of pyridine rings is 1. The number of esters is 1. The van der Waals surface area contributed by atoms with Gasteiger partial charge in [0.2, 0.25) is 0 Å². The minimum atomic E-state index is -0.439. The highest BCUT2D eigenvalue weighted by atomic mass is 16.5. The molecule has 0 amide bonds. The summed E-state index contributed by atoms with van der Waals surface area (Å²) in [6.45, 7) is 2.67. The van der Waals surface area contributed by atoms with Crippen LogP contribution in [0.2, 0.25) is 0 Å². The summed E-state index contributed by atoms with van der Waals surface area (Å²) in [5.74, 6) is 1.28. The zero-order valence-electron chi connectivity index (χ0n) is 15.4. The summed E-state index contributed by atoms with van der Waals surface area (Å²) < 4.78 is 16.1. The maximum Gasteiger partial charge on any atom is 0.337 e. The molecule has 1 aliphatic heterocycles. The topological polar surface area (TPSA) is 80.9 Å². The van der Waals surface area contributed by atoms with Crippen LogP contribution in [0.15, 0.2) is 53.3 Å². The second kappa shape index (κ2) is 7.74. The van der Waals surface area contributed by atoms with Gasteiger partial charge >= 0.3 is 5.97 Å². The largest absolute Gasteiger partial charge is 0.465 e. The average molecular weight is 380 g/mol. The van der Waals surface area contributed by atoms with Crippen molar-refractivity contribution in [1.82, 2.24) is 4.98 Å². The van der Waals surface area contributed by atoms with Crippen molar-refractivity contribution in [3.8, 4) is 11.5 Å². The minimum Gasteiger partial charge on any atom is -0.465 e. The summed E-state index contributed by atoms with van der Waals surface area (Å²) in [4.78, 5) is 29.8. The molecule has 0 saturated carbocycles. The van der Waals surface area contributed by atoms with E-state index in [0.717, 1.165) is 5.82 Å². The fourth-order valence-corrected chi connectivity index (χ4v) is 3.22. The van der Waals surface area contributed by atoms with Gasteiger partial charge in [-0.3, -0.25) is 4.79 Å². The zero-order valence-corrected chi connectivity index (χ0v) is 15.4. The molecular weight excluding hydrogens is 360 g/mol. The van der Waals surface area contributed by atoms with E-state index < -0.39 is 5.97 Å². The summed E-state index contributed by atoms with van der Waals surface area (Å²) in [5.41, 5.74) is 0.923. The van der Waals surface area contributed by atoms with Gasteiger partial charge in [0.15, 0.2) is 11.2 Å². The van der Waals surface area contributed by atoms with Crippen LogP contribution >= 0.6 is 0 Å². The normalized spacial score (nSPS) is 14.1. The third-order valence-electron chi connectivity index (χ3n) is 4.65. The van der Waals surface area contributed by atoms with Gasteiger partial charge in [-0.05, 0) is 30.3 Å². The van der Waals surface area contributed by atoms with Gasteiger partial charge in [0, 0.05) is 24.5 Å². The van der Waals surface area contributed by atoms with Crippen molar-refractivity contribution in [1.29, 1.82) is 0 Å². The molecule has 3 aromatic rings. The lowest BCUT2D eigenvalue weighted by Crippen LogP contribution is -2.37. The number of aromatic amines is 1. The number of carbonyl (C=O) groups excluding carboxylic acids is 1. The molecule has 0 spiro atoms. The van der Waals surface area contributed by atoms with Crippen LogP contribution in [0.3, 0.4) is 0 Å². The number of hydrogen-bond acceptors (Lipinski definition) is 6. The van der Waals surface area contributed by atoms with Crippen molar-refractivity contribution >= 4 is 22.7 Å². The molecule has 28 heavy (non-hydrogen) atoms. The highest BCUT2D eigenvalue weighted by Crippen LogP contribution is 2.29. The molecule has 2 aromatic carbocycles. The SMILES string of the molecule is COC(=O)c1cccc(Oc2cccc3c(=O)cc(N4CCOCC4)[nH]c23)c1. The molecule has 0 atom stereocenters. The summed E-state index contributed by atoms with van der Waals surface area (Å²) in [6, 6.07) is 13.6. The lowest BCUT2D eigenvalue weighted by molar-refractivity contribution is 0.0600. The maximum atomic E-state index is 12.6. The van der Waals surface area contributed by atoms with E-state index in [1.165, 1.54) is 7.11 Å². The first-order valence-corrected chi connectivity index (χ1v) is 9.01. The summed E-state index contributed by atoms with van der Waals surface area (Å²) in [7, 11) is 1.33. The van der Waals surface area contributed by atoms with Gasteiger partial charge in [-0.25, -0.2) is 4.79 Å². The van der Waals surface area contributed by atoms with Crippen LogP contribution in [0, 0.1) is 0 Å². The Balaban J connectivity index is 1.74. The monoisotopic (exact) mass is 380 g/mol. The van der Waals surface area contributed by atoms with Crippen molar-refractivity contribution in [2.45, 2.75) is 0 Å². The first-order chi connectivity index (χ1) is 13.7. The Hall–Kier alpha value is -3.32. The molecule has 1 fully saturated rings. The standard InChI is InChI=1S/C21H20N2O5/c1-26-21(25)14-4-2-5-15(12-14)28-18-7-3-6-16-17(24)13-19(22-20(16)18)23-8-10-27-11-9-23/h2-7,12-13H,8-11H2,1H3,(H,22,24). The van der Waals surface area contributed by atoms with Gasteiger partial charge in [-0.1, -0.05) is 12.1 Å². The van der Waals surface area contributed by atoms with E-state index in [1.54, 1.807) is 48.5 Å². The Morgan fingerprint density at radius 1 is 1.11 bits per heavy atom. The molecule has 0 unspecified atom stereocenters. The lowest BCUT2D eigenvalue weighted by atomic mass is 10.2. The summed E-state index contributed by atoms with van der Waals surface area (Å²) in [6.07, 6.45) is 0. The third kappa shape index (κ3) is 3.57. The quantitative estimate of drug-likeness (QED) is 0.701. The number of ether oxygens (including phenoxy) is 3. The number of morpholine rings is 1. The molecule has 4 rings (SSSR count). The lowest BCUT2D eigenvalue weighted by Gasteiger charge is -2.28. The van der Waals surface area contributed by atoms with E-state index in [9.17, 15) is 9.59 Å². The Kier molecular flexibility index (Phi) is 4.99. The van der Waals surface area contributed by atoms with Crippen molar-refractivity contribution in [3.05, 3.63) is 64.3 Å². The first kappa shape index (κ1) is 18.1. The number of para-hydroxylation sites is 1. The van der Waals surface area contributed by atoms with Crippen molar-refractivity contribution in [2.75, 3.05) is 38.3 Å². The van der Waals surface area contributed by atoms with Crippen molar-refractivity contribution in [3.63, 3.8) is 0 Å². The number of H-pyrrole nitrogens is 1. The van der Waals surface area contributed by atoms with Crippen LogP contribution in [0.5, 0.6) is 11.5 Å². The number of fused-ring (bicyclic) bond motifs is 1. The number of aromatic nitrogens is 1. The van der Waals surface area contributed by atoms with Crippen LogP contribution in [-0.2, 0) is 9.47 Å². The number of carbonyl (C=O) groups is 1. The number of benzene rings is 2. The smallest absolute Gasteiger partial charge is 0.337 e. The predicted molar refractivity (Wildman–Crippen MR) is 105 cm³/mol. The molecule has 7 nitrogen and oxygen atoms in total. The molecule has 1 aliphatic rings. The van der Waals surface area contributed by atoms with E-state index in [1.807, 2.05) is 0 Å². The second-order valence-corrected chi connectivity index (χ2v) is 6.42. The van der Waals surface area contributed by atoms with E-state index in [0.29, 0.717) is 54.3 Å². The first-order valence-electron chi connectivity index (χ1n) is 9.01. The molecule has 2 heterocycles. The molecule has 0 bridgehead atoms. The van der Waals surface area contributed by atoms with Crippen LogP contribution in [0.1, 0.15) is 10.4 Å². The average Bonchev–Trinajstić information content (AvgIpc) is 2.74. The molecule has 0 radical (unpaired) electrons. The van der Waals surface area contributed by atoms with E-state index in [-0.39, 0.29) is 5.43 Å². The zero-order chi connectivity index (χ0) is 19.5. The third-order valence-corrected chi connectivity index (χ3v) is 4.65. The Bertz CT molecular complexity index is 1070. The van der Waals surface area contributed by atoms with Crippen LogP contribution in [0.25, 0.3) is 10.9 Å². The number of nitrogens with one attached hydrogen (secondary N) is 1. The van der Waals surface area contributed by atoms with Gasteiger partial charge in [-0.2, -0.15) is 0 Å². The number of anilines is 1. The molecule has 1 N–H and O–H groups in total. The molecule has 1 saturated heterocycles. The Morgan fingerprint density at radius 2 is 1.89 bits per heavy atom. The van der Waals surface area contributed by atoms with E-state index in [2.05, 4.69) is 9.88 Å². The molecule has 7 heteroatoms. The molecule has 144 valence electrons. The predicted octanol–water partition coefficient (Wildman–Crippen LogP) is 2.94. The van der Waals surface area contributed by atoms with Crippen molar-refractivity contribution < 1.29 is 19.0 Å². The van der Waals surface area contributed by atoms with E-state index >= 15 is 0 Å². The fraction of sp³-hybridized carbons (Fsp3) is 0.238. The van der Waals surface area contributed by atoms with Gasteiger partial charge in [-0.15, -0.1) is 0 Å². The molecule has 0 aliphatic carbocycles. The Labute approximate surface area is 161 Å². The number of nitrogens with zero attached hydrogens (tertiary/aromatic N) is 1. The number of hydrogen-bond donors (Lipinski definition) is 1. The van der Waals surface area contributed by atoms with Crippen LogP contribution < -0.4 is 15.1 Å². The van der Waals surface area contributed by atoms with Crippen molar-refractivity contribution in [2.24, 2.45) is 0 Å². The fourth-order valence-electron chi connectivity index (χ4n) is 3.22. The Morgan fingerprint density at radius 3 is 2.68 bits per heavy atom. The highest BCUT2D eigenvalue weighted by molar-refractivity contribution is 5.90. The van der Waals surface area contributed by atoms with Gasteiger partial charge < -0.3 is 24.1 Å². The van der Waals surface area contributed by atoms with Crippen LogP contribution in [0.4, 0.5) is 5.82 Å². The van der Waals surface area contributed by atoms with Gasteiger partial charge in [0.25, 0.3) is 0 Å². The number of rotatable bonds is 4.